The van der Waals surface area contributed by atoms with Gasteiger partial charge in [0.05, 0.1) is 5.92 Å². The van der Waals surface area contributed by atoms with Gasteiger partial charge in [-0.2, -0.15) is 0 Å². The average Bonchev–Trinajstić information content (AvgIpc) is 2.86. The Morgan fingerprint density at radius 3 is 2.75 bits per heavy atom. The molecule has 0 bridgehead atoms. The number of carboxylic acid groups (broad SMARTS) is 1. The molecule has 0 aliphatic heterocycles. The monoisotopic (exact) mass is 293 g/mol. The molecule has 2 rings (SSSR count). The van der Waals surface area contributed by atoms with Crippen LogP contribution < -0.4 is 5.32 Å². The lowest BCUT2D eigenvalue weighted by Crippen LogP contribution is -2.39. The zero-order valence-corrected chi connectivity index (χ0v) is 11.6. The molecule has 106 valence electrons. The third kappa shape index (κ3) is 3.61. The summed E-state index contributed by atoms with van der Waals surface area (Å²) >= 11 is 5.98. The molecule has 0 spiro atoms. The number of aliphatic carboxylic acids is 1. The molecule has 20 heavy (non-hydrogen) atoms. The number of halogens is 1. The Morgan fingerprint density at radius 2 is 2.05 bits per heavy atom. The van der Waals surface area contributed by atoms with Crippen molar-refractivity contribution in [1.29, 1.82) is 0 Å². The second-order valence-electron chi connectivity index (χ2n) is 4.85. The van der Waals surface area contributed by atoms with E-state index in [1.165, 1.54) is 6.08 Å². The van der Waals surface area contributed by atoms with E-state index in [4.69, 9.17) is 16.7 Å². The number of hydrogen-bond acceptors (Lipinski definition) is 2. The number of benzene rings is 1. The Morgan fingerprint density at radius 1 is 1.30 bits per heavy atom. The predicted octanol–water partition coefficient (Wildman–Crippen LogP) is 2.72. The first-order valence-corrected chi connectivity index (χ1v) is 6.91. The number of nitrogens with one attached hydrogen (secondary N) is 1. The summed E-state index contributed by atoms with van der Waals surface area (Å²) in [6.45, 7) is 0. The second-order valence-corrected chi connectivity index (χ2v) is 5.25. The Hall–Kier alpha value is -1.81. The first-order chi connectivity index (χ1) is 9.58. The highest BCUT2D eigenvalue weighted by Crippen LogP contribution is 2.25. The van der Waals surface area contributed by atoms with Gasteiger partial charge in [-0.25, -0.2) is 0 Å². The van der Waals surface area contributed by atoms with E-state index >= 15 is 0 Å². The summed E-state index contributed by atoms with van der Waals surface area (Å²) in [6, 6.07) is 6.92. The van der Waals surface area contributed by atoms with E-state index < -0.39 is 11.9 Å². The number of carbonyl (C=O) groups excluding carboxylic acids is 1. The summed E-state index contributed by atoms with van der Waals surface area (Å²) in [5.41, 5.74) is 0.755. The van der Waals surface area contributed by atoms with Gasteiger partial charge in [0.2, 0.25) is 5.91 Å². The van der Waals surface area contributed by atoms with E-state index in [1.807, 2.05) is 18.2 Å². The van der Waals surface area contributed by atoms with Crippen LogP contribution in [0.2, 0.25) is 5.02 Å². The highest BCUT2D eigenvalue weighted by atomic mass is 35.5. The van der Waals surface area contributed by atoms with Crippen LogP contribution in [0.3, 0.4) is 0 Å². The summed E-state index contributed by atoms with van der Waals surface area (Å²) in [6.07, 6.45) is 5.17. The second kappa shape index (κ2) is 6.57. The molecule has 0 radical (unpaired) electrons. The summed E-state index contributed by atoms with van der Waals surface area (Å²) in [5, 5.41) is 12.4. The van der Waals surface area contributed by atoms with E-state index in [0.717, 1.165) is 12.0 Å². The van der Waals surface area contributed by atoms with Gasteiger partial charge in [0.1, 0.15) is 0 Å². The lowest BCUT2D eigenvalue weighted by atomic mass is 10.0. The van der Waals surface area contributed by atoms with Crippen molar-refractivity contribution < 1.29 is 14.7 Å². The van der Waals surface area contributed by atoms with Gasteiger partial charge in [0, 0.05) is 17.1 Å². The van der Waals surface area contributed by atoms with Crippen molar-refractivity contribution >= 4 is 29.6 Å². The minimum Gasteiger partial charge on any atom is -0.481 e. The molecule has 1 saturated carbocycles. The largest absolute Gasteiger partial charge is 0.481 e. The molecule has 2 N–H and O–H groups in total. The number of amides is 1. The summed E-state index contributed by atoms with van der Waals surface area (Å²) < 4.78 is 0. The molecule has 0 aromatic heterocycles. The van der Waals surface area contributed by atoms with Gasteiger partial charge in [-0.3, -0.25) is 9.59 Å². The average molecular weight is 294 g/mol. The van der Waals surface area contributed by atoms with Crippen molar-refractivity contribution in [3.63, 3.8) is 0 Å². The first-order valence-electron chi connectivity index (χ1n) is 6.54. The van der Waals surface area contributed by atoms with Crippen molar-refractivity contribution in [2.24, 2.45) is 5.92 Å². The van der Waals surface area contributed by atoms with E-state index in [1.54, 1.807) is 12.1 Å². The molecule has 2 atom stereocenters. The minimum absolute atomic E-state index is 0.282. The third-order valence-corrected chi connectivity index (χ3v) is 3.82. The lowest BCUT2D eigenvalue weighted by Gasteiger charge is -2.16. The quantitative estimate of drug-likeness (QED) is 0.839. The fourth-order valence-corrected chi connectivity index (χ4v) is 2.63. The predicted molar refractivity (Wildman–Crippen MR) is 77.4 cm³/mol. The van der Waals surface area contributed by atoms with Crippen LogP contribution in [0.5, 0.6) is 0 Å². The summed E-state index contributed by atoms with van der Waals surface area (Å²) in [7, 11) is 0. The molecular weight excluding hydrogens is 278 g/mol. The minimum atomic E-state index is -0.845. The van der Waals surface area contributed by atoms with Gasteiger partial charge in [-0.05, 0) is 30.5 Å². The Balaban J connectivity index is 1.96. The number of hydrogen-bond donors (Lipinski definition) is 2. The van der Waals surface area contributed by atoms with Crippen molar-refractivity contribution in [3.05, 3.63) is 40.9 Å². The van der Waals surface area contributed by atoms with Gasteiger partial charge in [0.15, 0.2) is 0 Å². The highest BCUT2D eigenvalue weighted by molar-refractivity contribution is 6.32. The van der Waals surface area contributed by atoms with Gasteiger partial charge in [0.25, 0.3) is 0 Å². The molecule has 0 heterocycles. The first kappa shape index (κ1) is 14.6. The van der Waals surface area contributed by atoms with Crippen LogP contribution in [-0.2, 0) is 9.59 Å². The molecule has 1 aromatic rings. The smallest absolute Gasteiger partial charge is 0.308 e. The van der Waals surface area contributed by atoms with Crippen molar-refractivity contribution in [3.8, 4) is 0 Å². The molecule has 5 heteroatoms. The van der Waals surface area contributed by atoms with E-state index in [9.17, 15) is 9.59 Å². The van der Waals surface area contributed by atoms with Crippen LogP contribution in [0, 0.1) is 5.92 Å². The van der Waals surface area contributed by atoms with Crippen LogP contribution >= 0.6 is 11.6 Å². The zero-order valence-electron chi connectivity index (χ0n) is 10.9. The topological polar surface area (TPSA) is 66.4 Å². The molecule has 4 nitrogen and oxygen atoms in total. The van der Waals surface area contributed by atoms with E-state index in [2.05, 4.69) is 5.32 Å². The molecule has 1 aliphatic rings. The van der Waals surface area contributed by atoms with Crippen LogP contribution in [0.25, 0.3) is 6.08 Å². The van der Waals surface area contributed by atoms with Crippen molar-refractivity contribution in [1.82, 2.24) is 5.32 Å². The number of carbonyl (C=O) groups is 2. The lowest BCUT2D eigenvalue weighted by molar-refractivity contribution is -0.142. The van der Waals surface area contributed by atoms with Gasteiger partial charge in [-0.15, -0.1) is 0 Å². The Kier molecular flexibility index (Phi) is 4.79. The van der Waals surface area contributed by atoms with Gasteiger partial charge < -0.3 is 10.4 Å². The normalized spacial score (nSPS) is 22.1. The SMILES string of the molecule is O=C(C=Cc1ccccc1Cl)NC1CCCC1C(=O)O. The van der Waals surface area contributed by atoms with Crippen LogP contribution in [0.4, 0.5) is 0 Å². The van der Waals surface area contributed by atoms with Crippen LogP contribution in [-0.4, -0.2) is 23.0 Å². The van der Waals surface area contributed by atoms with E-state index in [-0.39, 0.29) is 11.9 Å². The summed E-state index contributed by atoms with van der Waals surface area (Å²) in [4.78, 5) is 22.8. The maximum absolute atomic E-state index is 11.8. The Labute approximate surface area is 122 Å². The number of rotatable bonds is 4. The molecule has 0 saturated heterocycles. The summed E-state index contributed by atoms with van der Waals surface area (Å²) in [5.74, 6) is -1.61. The van der Waals surface area contributed by atoms with Gasteiger partial charge >= 0.3 is 5.97 Å². The zero-order chi connectivity index (χ0) is 14.5. The van der Waals surface area contributed by atoms with Crippen LogP contribution in [0.1, 0.15) is 24.8 Å². The molecule has 1 aromatic carbocycles. The maximum atomic E-state index is 11.8. The standard InChI is InChI=1S/C15H16ClNO3/c16-12-6-2-1-4-10(12)8-9-14(18)17-13-7-3-5-11(13)15(19)20/h1-2,4,6,8-9,11,13H,3,5,7H2,(H,17,18)(H,19,20). The van der Waals surface area contributed by atoms with Crippen molar-refractivity contribution in [2.75, 3.05) is 0 Å². The molecular formula is C15H16ClNO3. The van der Waals surface area contributed by atoms with Crippen molar-refractivity contribution in [2.45, 2.75) is 25.3 Å². The van der Waals surface area contributed by atoms with Crippen LogP contribution in [0.15, 0.2) is 30.3 Å². The fraction of sp³-hybridized carbons (Fsp3) is 0.333. The molecule has 1 amide bonds. The maximum Gasteiger partial charge on any atom is 0.308 e. The van der Waals surface area contributed by atoms with E-state index in [0.29, 0.717) is 17.9 Å². The fourth-order valence-electron chi connectivity index (χ4n) is 2.43. The molecule has 1 aliphatic carbocycles. The third-order valence-electron chi connectivity index (χ3n) is 3.48. The molecule has 2 unspecified atom stereocenters. The highest BCUT2D eigenvalue weighted by Gasteiger charge is 2.33. The van der Waals surface area contributed by atoms with Gasteiger partial charge in [-0.1, -0.05) is 36.2 Å². The number of carboxylic acids is 1. The molecule has 1 fully saturated rings. The Bertz CT molecular complexity index is 542.